The Morgan fingerprint density at radius 2 is 1.89 bits per heavy atom. The molecule has 0 radical (unpaired) electrons. The molecule has 0 fully saturated rings. The van der Waals surface area contributed by atoms with Crippen LogP contribution in [-0.4, -0.2) is 16.3 Å². The van der Waals surface area contributed by atoms with E-state index in [1.54, 1.807) is 18.2 Å². The number of H-pyrrole nitrogens is 1. The van der Waals surface area contributed by atoms with Crippen LogP contribution < -0.4 is 15.6 Å². The van der Waals surface area contributed by atoms with Crippen LogP contribution in [0.25, 0.3) is 11.3 Å². The van der Waals surface area contributed by atoms with Gasteiger partial charge in [0.1, 0.15) is 17.4 Å². The lowest BCUT2D eigenvalue weighted by Gasteiger charge is -2.11. The smallest absolute Gasteiger partial charge is 0.406 e. The van der Waals surface area contributed by atoms with Crippen molar-refractivity contribution in [1.82, 2.24) is 9.97 Å². The summed E-state index contributed by atoms with van der Waals surface area (Å²) in [6, 6.07) is 13.9. The summed E-state index contributed by atoms with van der Waals surface area (Å²) in [5, 5.41) is 12.2. The largest absolute Gasteiger partial charge is 0.573 e. The summed E-state index contributed by atoms with van der Waals surface area (Å²) in [4.78, 5) is 18.9. The number of nitrogens with zero attached hydrogens (tertiary/aromatic N) is 2. The number of nitrogens with one attached hydrogen (secondary N) is 2. The molecule has 0 saturated carbocycles. The van der Waals surface area contributed by atoms with E-state index in [9.17, 15) is 23.2 Å². The minimum atomic E-state index is -4.86. The number of ether oxygens (including phenoxy) is 1. The fourth-order valence-electron chi connectivity index (χ4n) is 2.46. The predicted octanol–water partition coefficient (Wildman–Crippen LogP) is 4.26. The second kappa shape index (κ2) is 7.44. The highest BCUT2D eigenvalue weighted by atomic mass is 19.4. The molecule has 3 aromatic rings. The lowest BCUT2D eigenvalue weighted by molar-refractivity contribution is -0.274. The number of rotatable bonds is 4. The van der Waals surface area contributed by atoms with Crippen LogP contribution in [0.15, 0.2) is 53.3 Å². The summed E-state index contributed by atoms with van der Waals surface area (Å²) >= 11 is 0. The van der Waals surface area contributed by atoms with Gasteiger partial charge in [0.25, 0.3) is 5.56 Å². The first kappa shape index (κ1) is 19.0. The van der Waals surface area contributed by atoms with Crippen LogP contribution in [0.5, 0.6) is 5.75 Å². The van der Waals surface area contributed by atoms with Gasteiger partial charge in [0.05, 0.1) is 5.69 Å². The van der Waals surface area contributed by atoms with Crippen LogP contribution in [0.1, 0.15) is 11.1 Å². The first-order valence-electron chi connectivity index (χ1n) is 7.99. The maximum absolute atomic E-state index is 12.5. The summed E-state index contributed by atoms with van der Waals surface area (Å²) in [6.45, 7) is 1.92. The van der Waals surface area contributed by atoms with Gasteiger partial charge in [-0.1, -0.05) is 29.8 Å². The molecule has 0 bridgehead atoms. The number of halogens is 3. The number of alkyl halides is 3. The lowest BCUT2D eigenvalue weighted by Crippen LogP contribution is -2.17. The Bertz CT molecular complexity index is 1100. The number of anilines is 2. The third kappa shape index (κ3) is 4.48. The number of hydrogen-bond acceptors (Lipinski definition) is 5. The van der Waals surface area contributed by atoms with Gasteiger partial charge in [-0.05, 0) is 31.2 Å². The van der Waals surface area contributed by atoms with Crippen molar-refractivity contribution in [2.45, 2.75) is 13.3 Å². The van der Waals surface area contributed by atoms with Crippen molar-refractivity contribution in [3.05, 3.63) is 70.0 Å². The SMILES string of the molecule is Cc1ccc(Nc2nc(-c3cccc(OC(F)(F)F)c3)c(C#N)c(=O)[nH]2)cc1. The molecule has 0 spiro atoms. The molecular formula is C19H13F3N4O2. The fourth-order valence-corrected chi connectivity index (χ4v) is 2.46. The maximum Gasteiger partial charge on any atom is 0.573 e. The van der Waals surface area contributed by atoms with E-state index < -0.39 is 17.7 Å². The molecule has 0 saturated heterocycles. The second-order valence-corrected chi connectivity index (χ2v) is 5.82. The molecule has 0 amide bonds. The minimum Gasteiger partial charge on any atom is -0.406 e. The number of aromatic amines is 1. The van der Waals surface area contributed by atoms with Gasteiger partial charge in [-0.25, -0.2) is 4.98 Å². The van der Waals surface area contributed by atoms with E-state index >= 15 is 0 Å². The van der Waals surface area contributed by atoms with Gasteiger partial charge < -0.3 is 10.1 Å². The van der Waals surface area contributed by atoms with Gasteiger partial charge in [-0.15, -0.1) is 13.2 Å². The summed E-state index contributed by atoms with van der Waals surface area (Å²) in [7, 11) is 0. The quantitative estimate of drug-likeness (QED) is 0.699. The van der Waals surface area contributed by atoms with Crippen molar-refractivity contribution < 1.29 is 17.9 Å². The monoisotopic (exact) mass is 386 g/mol. The summed E-state index contributed by atoms with van der Waals surface area (Å²) in [6.07, 6.45) is -4.86. The molecule has 1 heterocycles. The molecule has 0 aliphatic carbocycles. The average Bonchev–Trinajstić information content (AvgIpc) is 2.62. The molecule has 9 heteroatoms. The van der Waals surface area contributed by atoms with E-state index in [2.05, 4.69) is 20.0 Å². The molecule has 1 aromatic heterocycles. The Kier molecular flexibility index (Phi) is 5.04. The van der Waals surface area contributed by atoms with Gasteiger partial charge >= 0.3 is 6.36 Å². The van der Waals surface area contributed by atoms with E-state index in [-0.39, 0.29) is 22.8 Å². The van der Waals surface area contributed by atoms with Crippen molar-refractivity contribution in [3.63, 3.8) is 0 Å². The maximum atomic E-state index is 12.5. The van der Waals surface area contributed by atoms with Crippen LogP contribution in [-0.2, 0) is 0 Å². The summed E-state index contributed by atoms with van der Waals surface area (Å²) in [5.41, 5.74) is 0.709. The van der Waals surface area contributed by atoms with Crippen molar-refractivity contribution in [3.8, 4) is 23.1 Å². The summed E-state index contributed by atoms with van der Waals surface area (Å²) in [5.74, 6) is -0.436. The number of nitriles is 1. The van der Waals surface area contributed by atoms with E-state index in [1.807, 2.05) is 19.1 Å². The Morgan fingerprint density at radius 1 is 1.18 bits per heavy atom. The van der Waals surface area contributed by atoms with Crippen LogP contribution >= 0.6 is 0 Å². The lowest BCUT2D eigenvalue weighted by atomic mass is 10.1. The molecule has 2 aromatic carbocycles. The van der Waals surface area contributed by atoms with Crippen LogP contribution in [0.4, 0.5) is 24.8 Å². The van der Waals surface area contributed by atoms with Crippen molar-refractivity contribution in [1.29, 1.82) is 5.26 Å². The number of hydrogen-bond donors (Lipinski definition) is 2. The molecule has 3 rings (SSSR count). The molecule has 0 unspecified atom stereocenters. The zero-order chi connectivity index (χ0) is 20.3. The topological polar surface area (TPSA) is 90.8 Å². The highest BCUT2D eigenvalue weighted by molar-refractivity contribution is 5.69. The second-order valence-electron chi connectivity index (χ2n) is 5.82. The van der Waals surface area contributed by atoms with Crippen LogP contribution in [0.3, 0.4) is 0 Å². The normalized spacial score (nSPS) is 11.0. The number of aromatic nitrogens is 2. The van der Waals surface area contributed by atoms with Crippen molar-refractivity contribution >= 4 is 11.6 Å². The number of benzene rings is 2. The molecule has 0 aliphatic heterocycles. The zero-order valence-corrected chi connectivity index (χ0v) is 14.5. The highest BCUT2D eigenvalue weighted by Crippen LogP contribution is 2.28. The van der Waals surface area contributed by atoms with Gasteiger partial charge in [0.2, 0.25) is 5.95 Å². The number of aryl methyl sites for hydroxylation is 1. The van der Waals surface area contributed by atoms with E-state index in [1.165, 1.54) is 12.1 Å². The van der Waals surface area contributed by atoms with Crippen LogP contribution in [0.2, 0.25) is 0 Å². The zero-order valence-electron chi connectivity index (χ0n) is 14.5. The van der Waals surface area contributed by atoms with E-state index in [0.717, 1.165) is 17.7 Å². The summed E-state index contributed by atoms with van der Waals surface area (Å²) < 4.78 is 41.3. The van der Waals surface area contributed by atoms with E-state index in [0.29, 0.717) is 5.69 Å². The van der Waals surface area contributed by atoms with Gasteiger partial charge in [-0.3, -0.25) is 9.78 Å². The van der Waals surface area contributed by atoms with Gasteiger partial charge in [0, 0.05) is 11.3 Å². The predicted molar refractivity (Wildman–Crippen MR) is 96.2 cm³/mol. The molecular weight excluding hydrogens is 373 g/mol. The standard InChI is InChI=1S/C19H13F3N4O2/c1-11-5-7-13(8-6-11)24-18-25-16(15(10-23)17(27)26-18)12-3-2-4-14(9-12)28-19(20,21)22/h2-9H,1H3,(H2,24,25,26,27). The van der Waals surface area contributed by atoms with Crippen LogP contribution in [0, 0.1) is 18.3 Å². The third-order valence-corrected chi connectivity index (χ3v) is 3.69. The molecule has 28 heavy (non-hydrogen) atoms. The Balaban J connectivity index is 2.04. The first-order valence-corrected chi connectivity index (χ1v) is 7.99. The minimum absolute atomic E-state index is 0.0463. The Morgan fingerprint density at radius 3 is 2.54 bits per heavy atom. The Labute approximate surface area is 157 Å². The fraction of sp³-hybridized carbons (Fsp3) is 0.105. The first-order chi connectivity index (χ1) is 13.2. The molecule has 2 N–H and O–H groups in total. The van der Waals surface area contributed by atoms with Gasteiger partial charge in [-0.2, -0.15) is 5.26 Å². The molecule has 0 aliphatic rings. The molecule has 142 valence electrons. The van der Waals surface area contributed by atoms with Crippen molar-refractivity contribution in [2.24, 2.45) is 0 Å². The third-order valence-electron chi connectivity index (χ3n) is 3.69. The van der Waals surface area contributed by atoms with E-state index in [4.69, 9.17) is 0 Å². The highest BCUT2D eigenvalue weighted by Gasteiger charge is 2.31. The Hall–Kier alpha value is -3.80. The van der Waals surface area contributed by atoms with Crippen molar-refractivity contribution in [2.75, 3.05) is 5.32 Å². The van der Waals surface area contributed by atoms with Gasteiger partial charge in [0.15, 0.2) is 0 Å². The average molecular weight is 386 g/mol. The molecule has 0 atom stereocenters. The molecule has 6 nitrogen and oxygen atoms in total.